The average molecular weight is 367 g/mol. The molecule has 1 heterocycles. The van der Waals surface area contributed by atoms with Gasteiger partial charge in [-0.1, -0.05) is 17.7 Å². The monoisotopic (exact) mass is 366 g/mol. The lowest BCUT2D eigenvalue weighted by molar-refractivity contribution is 0.608. The lowest BCUT2D eigenvalue weighted by Crippen LogP contribution is -2.40. The van der Waals surface area contributed by atoms with Gasteiger partial charge in [0, 0.05) is 47.9 Å². The van der Waals surface area contributed by atoms with Crippen LogP contribution in [0.1, 0.15) is 28.6 Å². The number of hydrogen-bond acceptors (Lipinski definition) is 3. The quantitative estimate of drug-likeness (QED) is 0.629. The Balaban J connectivity index is 1.50. The van der Waals surface area contributed by atoms with Gasteiger partial charge in [0.1, 0.15) is 5.82 Å². The summed E-state index contributed by atoms with van der Waals surface area (Å²) in [5, 5.41) is 10.3. The fraction of sp³-hybridized carbons (Fsp3) is 0.412. The standard InChI is InChI=1S/C17H20ClFN4S/c1-10-22-11(9-24-10)6-7-21-17(20-2)23-15-8-12(15)16-13(18)4-3-5-14(16)19/h3-5,9,12,15H,6-8H2,1-2H3,(H2,20,21,23). The van der Waals surface area contributed by atoms with E-state index in [1.807, 2.05) is 6.92 Å². The molecule has 0 radical (unpaired) electrons. The maximum atomic E-state index is 14.0. The molecule has 3 rings (SSSR count). The number of thiazole rings is 1. The molecule has 0 amide bonds. The molecule has 2 aromatic rings. The third kappa shape index (κ3) is 4.05. The fourth-order valence-electron chi connectivity index (χ4n) is 2.74. The highest BCUT2D eigenvalue weighted by atomic mass is 35.5. The van der Waals surface area contributed by atoms with Crippen molar-refractivity contribution >= 4 is 28.9 Å². The van der Waals surface area contributed by atoms with E-state index in [1.54, 1.807) is 30.5 Å². The molecular formula is C17H20ClFN4S. The minimum absolute atomic E-state index is 0.0958. The third-order valence-corrected chi connectivity index (χ3v) is 5.20. The lowest BCUT2D eigenvalue weighted by Gasteiger charge is -2.12. The van der Waals surface area contributed by atoms with Crippen LogP contribution in [0.25, 0.3) is 0 Å². The first kappa shape index (κ1) is 17.2. The van der Waals surface area contributed by atoms with Crippen molar-refractivity contribution in [2.45, 2.75) is 31.7 Å². The van der Waals surface area contributed by atoms with Gasteiger partial charge in [0.05, 0.1) is 10.7 Å². The van der Waals surface area contributed by atoms with Gasteiger partial charge in [-0.2, -0.15) is 0 Å². The SMILES string of the molecule is CN=C(NCCc1csc(C)n1)NC1CC1c1c(F)cccc1Cl. The lowest BCUT2D eigenvalue weighted by atomic mass is 10.1. The number of aryl methyl sites for hydroxylation is 1. The maximum Gasteiger partial charge on any atom is 0.191 e. The number of hydrogen-bond donors (Lipinski definition) is 2. The summed E-state index contributed by atoms with van der Waals surface area (Å²) in [6.07, 6.45) is 1.70. The molecule has 0 aliphatic heterocycles. The molecule has 1 fully saturated rings. The van der Waals surface area contributed by atoms with E-state index in [0.29, 0.717) is 10.6 Å². The number of nitrogens with one attached hydrogen (secondary N) is 2. The van der Waals surface area contributed by atoms with Crippen LogP contribution in [0.4, 0.5) is 4.39 Å². The molecule has 0 saturated heterocycles. The van der Waals surface area contributed by atoms with E-state index in [4.69, 9.17) is 11.6 Å². The summed E-state index contributed by atoms with van der Waals surface area (Å²) in [6, 6.07) is 4.98. The minimum atomic E-state index is -0.237. The van der Waals surface area contributed by atoms with Crippen LogP contribution in [-0.4, -0.2) is 30.6 Å². The van der Waals surface area contributed by atoms with Gasteiger partial charge in [0.25, 0.3) is 0 Å². The zero-order chi connectivity index (χ0) is 17.1. The van der Waals surface area contributed by atoms with Gasteiger partial charge < -0.3 is 10.6 Å². The summed E-state index contributed by atoms with van der Waals surface area (Å²) in [4.78, 5) is 8.67. The number of aliphatic imine (C=N–C) groups is 1. The van der Waals surface area contributed by atoms with E-state index in [-0.39, 0.29) is 17.8 Å². The molecule has 2 atom stereocenters. The number of aromatic nitrogens is 1. The Labute approximate surface area is 150 Å². The first-order valence-corrected chi connectivity index (χ1v) is 9.16. The largest absolute Gasteiger partial charge is 0.356 e. The Morgan fingerprint density at radius 1 is 1.50 bits per heavy atom. The van der Waals surface area contributed by atoms with Gasteiger partial charge in [0.15, 0.2) is 5.96 Å². The minimum Gasteiger partial charge on any atom is -0.356 e. The van der Waals surface area contributed by atoms with E-state index < -0.39 is 0 Å². The number of benzene rings is 1. The topological polar surface area (TPSA) is 49.3 Å². The molecule has 1 aliphatic carbocycles. The third-order valence-electron chi connectivity index (χ3n) is 4.05. The van der Waals surface area contributed by atoms with Crippen molar-refractivity contribution in [1.29, 1.82) is 0 Å². The van der Waals surface area contributed by atoms with Crippen molar-refractivity contribution in [3.8, 4) is 0 Å². The van der Waals surface area contributed by atoms with Crippen molar-refractivity contribution in [2.75, 3.05) is 13.6 Å². The Morgan fingerprint density at radius 2 is 2.33 bits per heavy atom. The second kappa shape index (κ2) is 7.49. The summed E-state index contributed by atoms with van der Waals surface area (Å²) in [5.41, 5.74) is 1.69. The van der Waals surface area contributed by atoms with Crippen molar-refractivity contribution in [2.24, 2.45) is 4.99 Å². The normalized spacial score (nSPS) is 20.1. The Bertz CT molecular complexity index is 726. The predicted octanol–water partition coefficient (Wildman–Crippen LogP) is 3.51. The fourth-order valence-corrected chi connectivity index (χ4v) is 3.69. The van der Waals surface area contributed by atoms with Crippen LogP contribution in [0.2, 0.25) is 5.02 Å². The van der Waals surface area contributed by atoms with E-state index >= 15 is 0 Å². The molecule has 128 valence electrons. The van der Waals surface area contributed by atoms with Crippen LogP contribution in [0.5, 0.6) is 0 Å². The number of guanidine groups is 1. The summed E-state index contributed by atoms with van der Waals surface area (Å²) in [6.45, 7) is 2.75. The first-order chi connectivity index (χ1) is 11.6. The molecule has 1 aromatic carbocycles. The molecule has 1 aliphatic rings. The van der Waals surface area contributed by atoms with Gasteiger partial charge in [0.2, 0.25) is 0 Å². The molecule has 2 unspecified atom stereocenters. The molecule has 7 heteroatoms. The zero-order valence-corrected chi connectivity index (χ0v) is 15.2. The smallest absolute Gasteiger partial charge is 0.191 e. The molecule has 1 aromatic heterocycles. The Morgan fingerprint density at radius 3 is 3.00 bits per heavy atom. The zero-order valence-electron chi connectivity index (χ0n) is 13.6. The van der Waals surface area contributed by atoms with E-state index in [0.717, 1.165) is 36.0 Å². The highest BCUT2D eigenvalue weighted by molar-refractivity contribution is 7.09. The summed E-state index contributed by atoms with van der Waals surface area (Å²) in [7, 11) is 1.73. The van der Waals surface area contributed by atoms with Crippen LogP contribution in [0, 0.1) is 12.7 Å². The second-order valence-corrected chi connectivity index (χ2v) is 7.30. The van der Waals surface area contributed by atoms with Crippen LogP contribution < -0.4 is 10.6 Å². The van der Waals surface area contributed by atoms with Crippen molar-refractivity contribution < 1.29 is 4.39 Å². The van der Waals surface area contributed by atoms with E-state index in [2.05, 4.69) is 26.0 Å². The Hall–Kier alpha value is -1.66. The van der Waals surface area contributed by atoms with Crippen LogP contribution in [-0.2, 0) is 6.42 Å². The molecule has 0 bridgehead atoms. The van der Waals surface area contributed by atoms with Crippen molar-refractivity contribution in [3.05, 3.63) is 50.7 Å². The Kier molecular flexibility index (Phi) is 5.36. The predicted molar refractivity (Wildman–Crippen MR) is 97.6 cm³/mol. The van der Waals surface area contributed by atoms with Gasteiger partial charge in [-0.05, 0) is 25.5 Å². The van der Waals surface area contributed by atoms with Gasteiger partial charge in [-0.25, -0.2) is 9.37 Å². The summed E-state index contributed by atoms with van der Waals surface area (Å²) < 4.78 is 14.0. The van der Waals surface area contributed by atoms with Crippen molar-refractivity contribution in [3.63, 3.8) is 0 Å². The number of rotatable bonds is 5. The van der Waals surface area contributed by atoms with Crippen molar-refractivity contribution in [1.82, 2.24) is 15.6 Å². The second-order valence-electron chi connectivity index (χ2n) is 5.84. The molecule has 2 N–H and O–H groups in total. The van der Waals surface area contributed by atoms with Gasteiger partial charge in [-0.3, -0.25) is 4.99 Å². The number of nitrogens with zero attached hydrogens (tertiary/aromatic N) is 2. The first-order valence-electron chi connectivity index (χ1n) is 7.90. The molecule has 24 heavy (non-hydrogen) atoms. The average Bonchev–Trinajstić information content (AvgIpc) is 3.17. The molecule has 0 spiro atoms. The molecular weight excluding hydrogens is 347 g/mol. The van der Waals surface area contributed by atoms with Gasteiger partial charge in [-0.15, -0.1) is 11.3 Å². The van der Waals surface area contributed by atoms with Gasteiger partial charge >= 0.3 is 0 Å². The van der Waals surface area contributed by atoms with E-state index in [9.17, 15) is 4.39 Å². The van der Waals surface area contributed by atoms with Crippen LogP contribution >= 0.6 is 22.9 Å². The van der Waals surface area contributed by atoms with Crippen LogP contribution in [0.15, 0.2) is 28.6 Å². The highest BCUT2D eigenvalue weighted by Gasteiger charge is 2.41. The summed E-state index contributed by atoms with van der Waals surface area (Å²) >= 11 is 7.79. The summed E-state index contributed by atoms with van der Waals surface area (Å²) in [5.74, 6) is 0.582. The van der Waals surface area contributed by atoms with E-state index in [1.165, 1.54) is 6.07 Å². The maximum absolute atomic E-state index is 14.0. The van der Waals surface area contributed by atoms with Crippen LogP contribution in [0.3, 0.4) is 0 Å². The highest BCUT2D eigenvalue weighted by Crippen LogP contribution is 2.44. The molecule has 1 saturated carbocycles. The molecule has 4 nitrogen and oxygen atoms in total. The number of halogens is 2.